The summed E-state index contributed by atoms with van der Waals surface area (Å²) in [7, 11) is 0. The molecule has 0 bridgehead atoms. The molecule has 0 radical (unpaired) electrons. The van der Waals surface area contributed by atoms with E-state index in [1.165, 1.54) is 12.1 Å². The minimum atomic E-state index is -0.264. The lowest BCUT2D eigenvalue weighted by molar-refractivity contribution is 0.102. The smallest absolute Gasteiger partial charge is 0.174 e. The number of benzene rings is 2. The number of halogens is 3. The van der Waals surface area contributed by atoms with E-state index in [4.69, 9.17) is 40.5 Å². The molecule has 0 aliphatic carbocycles. The molecular formula is C21H11Cl3N4OS. The zero-order valence-corrected chi connectivity index (χ0v) is 18.2. The summed E-state index contributed by atoms with van der Waals surface area (Å²) in [4.78, 5) is 16.8. The summed E-state index contributed by atoms with van der Waals surface area (Å²) in [6, 6.07) is 15.4. The largest absolute Gasteiger partial charge is 0.383 e. The number of hydrogen-bond acceptors (Lipinski definition) is 6. The molecule has 0 saturated heterocycles. The SMILES string of the molecule is N#Cc1c(N)nc(SCC(=O)c2ccc(Cl)cc2Cl)c(C#N)c1-c1cccc(Cl)c1. The van der Waals surface area contributed by atoms with E-state index in [0.29, 0.717) is 26.7 Å². The number of nitrogen functional groups attached to an aromatic ring is 1. The molecule has 0 spiro atoms. The first-order chi connectivity index (χ1) is 14.3. The summed E-state index contributed by atoms with van der Waals surface area (Å²) in [5.41, 5.74) is 7.39. The number of Topliss-reactive ketones (excluding diaryl/α,β-unsaturated/α-hetero) is 1. The average Bonchev–Trinajstić information content (AvgIpc) is 2.71. The first kappa shape index (κ1) is 22.0. The van der Waals surface area contributed by atoms with Crippen LogP contribution in [0.1, 0.15) is 21.5 Å². The second-order valence-electron chi connectivity index (χ2n) is 6.00. The van der Waals surface area contributed by atoms with Gasteiger partial charge < -0.3 is 5.73 Å². The Labute approximate surface area is 192 Å². The quantitative estimate of drug-likeness (QED) is 0.359. The lowest BCUT2D eigenvalue weighted by atomic mass is 9.97. The number of nitrogens with two attached hydrogens (primary N) is 1. The number of thioether (sulfide) groups is 1. The lowest BCUT2D eigenvalue weighted by Gasteiger charge is -2.13. The standard InChI is InChI=1S/C21H11Cl3N4OS/c22-12-3-1-2-11(6-12)19-15(8-25)20(27)28-21(16(19)9-26)30-10-18(29)14-5-4-13(23)7-17(14)24/h1-7H,10H2,(H2,27,28). The van der Waals surface area contributed by atoms with Crippen molar-refractivity contribution >= 4 is 58.2 Å². The van der Waals surface area contributed by atoms with Crippen molar-refractivity contribution in [2.75, 3.05) is 11.5 Å². The van der Waals surface area contributed by atoms with E-state index in [0.717, 1.165) is 11.8 Å². The number of pyridine rings is 1. The van der Waals surface area contributed by atoms with Gasteiger partial charge in [-0.3, -0.25) is 4.79 Å². The fourth-order valence-electron chi connectivity index (χ4n) is 2.76. The Morgan fingerprint density at radius 2 is 1.73 bits per heavy atom. The number of carbonyl (C=O) groups excluding carboxylic acids is 1. The van der Waals surface area contributed by atoms with Crippen LogP contribution in [0.15, 0.2) is 47.5 Å². The number of aromatic nitrogens is 1. The van der Waals surface area contributed by atoms with Crippen LogP contribution in [0, 0.1) is 22.7 Å². The second kappa shape index (κ2) is 9.38. The summed E-state index contributed by atoms with van der Waals surface area (Å²) in [5, 5.41) is 20.7. The molecule has 0 unspecified atom stereocenters. The van der Waals surface area contributed by atoms with Crippen molar-refractivity contribution in [1.29, 1.82) is 10.5 Å². The van der Waals surface area contributed by atoms with Crippen LogP contribution < -0.4 is 5.73 Å². The molecule has 0 fully saturated rings. The van der Waals surface area contributed by atoms with E-state index >= 15 is 0 Å². The first-order valence-corrected chi connectivity index (χ1v) is 10.5. The van der Waals surface area contributed by atoms with Gasteiger partial charge in [-0.25, -0.2) is 4.98 Å². The fourth-order valence-corrected chi connectivity index (χ4v) is 4.34. The maximum absolute atomic E-state index is 12.6. The van der Waals surface area contributed by atoms with E-state index in [1.807, 2.05) is 6.07 Å². The fraction of sp³-hybridized carbons (Fsp3) is 0.0476. The Kier molecular flexibility index (Phi) is 6.87. The van der Waals surface area contributed by atoms with Crippen molar-refractivity contribution in [3.05, 3.63) is 74.2 Å². The first-order valence-electron chi connectivity index (χ1n) is 8.36. The van der Waals surface area contributed by atoms with E-state index in [9.17, 15) is 15.3 Å². The van der Waals surface area contributed by atoms with E-state index in [1.54, 1.807) is 30.3 Å². The maximum atomic E-state index is 12.6. The summed E-state index contributed by atoms with van der Waals surface area (Å²) in [5.74, 6) is -0.339. The van der Waals surface area contributed by atoms with Crippen LogP contribution in [0.3, 0.4) is 0 Å². The molecule has 2 N–H and O–H groups in total. The minimum Gasteiger partial charge on any atom is -0.383 e. The molecule has 0 amide bonds. The molecule has 0 atom stereocenters. The highest BCUT2D eigenvalue weighted by Gasteiger charge is 2.22. The Morgan fingerprint density at radius 3 is 2.37 bits per heavy atom. The van der Waals surface area contributed by atoms with Gasteiger partial charge in [-0.15, -0.1) is 0 Å². The third-order valence-electron chi connectivity index (χ3n) is 4.10. The third-order valence-corrected chi connectivity index (χ3v) is 5.86. The van der Waals surface area contributed by atoms with Gasteiger partial charge in [0.1, 0.15) is 28.5 Å². The third kappa shape index (κ3) is 4.53. The number of nitriles is 2. The number of rotatable bonds is 5. The van der Waals surface area contributed by atoms with Crippen LogP contribution in [-0.2, 0) is 0 Å². The minimum absolute atomic E-state index is 0.0362. The van der Waals surface area contributed by atoms with Crippen LogP contribution in [0.5, 0.6) is 0 Å². The molecule has 5 nitrogen and oxygen atoms in total. The Bertz CT molecular complexity index is 1250. The van der Waals surface area contributed by atoms with E-state index < -0.39 is 0 Å². The number of hydrogen-bond donors (Lipinski definition) is 1. The normalized spacial score (nSPS) is 10.3. The van der Waals surface area contributed by atoms with Crippen molar-refractivity contribution in [3.63, 3.8) is 0 Å². The zero-order valence-electron chi connectivity index (χ0n) is 15.1. The summed E-state index contributed by atoms with van der Waals surface area (Å²) >= 11 is 19.1. The van der Waals surface area contributed by atoms with Crippen LogP contribution in [0.2, 0.25) is 15.1 Å². The van der Waals surface area contributed by atoms with Crippen LogP contribution >= 0.6 is 46.6 Å². The molecule has 30 heavy (non-hydrogen) atoms. The molecule has 9 heteroatoms. The van der Waals surface area contributed by atoms with Gasteiger partial charge in [0.2, 0.25) is 0 Å². The highest BCUT2D eigenvalue weighted by atomic mass is 35.5. The molecule has 3 aromatic rings. The number of ketones is 1. The average molecular weight is 474 g/mol. The molecule has 1 aromatic heterocycles. The number of nitrogens with zero attached hydrogens (tertiary/aromatic N) is 3. The number of carbonyl (C=O) groups is 1. The summed E-state index contributed by atoms with van der Waals surface area (Å²) < 4.78 is 0. The molecule has 1 heterocycles. The van der Waals surface area contributed by atoms with Crippen molar-refractivity contribution in [1.82, 2.24) is 4.98 Å². The zero-order chi connectivity index (χ0) is 21.8. The van der Waals surface area contributed by atoms with Gasteiger partial charge >= 0.3 is 0 Å². The van der Waals surface area contributed by atoms with Gasteiger partial charge in [-0.05, 0) is 35.9 Å². The predicted octanol–water partition coefficient (Wildman–Crippen LogP) is 6.01. The van der Waals surface area contributed by atoms with Crippen molar-refractivity contribution in [3.8, 4) is 23.3 Å². The maximum Gasteiger partial charge on any atom is 0.174 e. The molecule has 0 saturated carbocycles. The van der Waals surface area contributed by atoms with Gasteiger partial charge in [0.05, 0.1) is 16.3 Å². The van der Waals surface area contributed by atoms with Gasteiger partial charge in [0.25, 0.3) is 0 Å². The molecule has 2 aromatic carbocycles. The highest BCUT2D eigenvalue weighted by molar-refractivity contribution is 8.00. The molecule has 148 valence electrons. The van der Waals surface area contributed by atoms with Gasteiger partial charge in [0.15, 0.2) is 5.78 Å². The molecule has 0 aliphatic heterocycles. The Morgan fingerprint density at radius 1 is 1.03 bits per heavy atom. The number of anilines is 1. The van der Waals surface area contributed by atoms with Crippen molar-refractivity contribution < 1.29 is 4.79 Å². The van der Waals surface area contributed by atoms with E-state index in [2.05, 4.69) is 11.1 Å². The lowest BCUT2D eigenvalue weighted by Crippen LogP contribution is -2.07. The van der Waals surface area contributed by atoms with Crippen molar-refractivity contribution in [2.45, 2.75) is 5.03 Å². The van der Waals surface area contributed by atoms with Crippen molar-refractivity contribution in [2.24, 2.45) is 0 Å². The van der Waals surface area contributed by atoms with Crippen LogP contribution in [0.4, 0.5) is 5.82 Å². The molecular weight excluding hydrogens is 463 g/mol. The molecule has 3 rings (SSSR count). The van der Waals surface area contributed by atoms with Crippen LogP contribution in [-0.4, -0.2) is 16.5 Å². The topological polar surface area (TPSA) is 104 Å². The van der Waals surface area contributed by atoms with Gasteiger partial charge in [-0.1, -0.05) is 58.7 Å². The molecule has 0 aliphatic rings. The summed E-state index contributed by atoms with van der Waals surface area (Å²) in [6.07, 6.45) is 0. The van der Waals surface area contributed by atoms with E-state index in [-0.39, 0.29) is 38.5 Å². The second-order valence-corrected chi connectivity index (χ2v) is 8.24. The Balaban J connectivity index is 2.03. The highest BCUT2D eigenvalue weighted by Crippen LogP contribution is 2.36. The van der Waals surface area contributed by atoms with Gasteiger partial charge in [0, 0.05) is 21.2 Å². The monoisotopic (exact) mass is 472 g/mol. The Hall–Kier alpha value is -2.74. The summed E-state index contributed by atoms with van der Waals surface area (Å²) in [6.45, 7) is 0. The predicted molar refractivity (Wildman–Crippen MR) is 120 cm³/mol. The van der Waals surface area contributed by atoms with Gasteiger partial charge in [-0.2, -0.15) is 10.5 Å². The van der Waals surface area contributed by atoms with Crippen LogP contribution in [0.25, 0.3) is 11.1 Å².